The van der Waals surface area contributed by atoms with Gasteiger partial charge < -0.3 is 14.6 Å². The maximum atomic E-state index is 12.6. The minimum atomic E-state index is -0.331. The lowest BCUT2D eigenvalue weighted by Gasteiger charge is -2.10. The molecular formula is C18H20N4O4. The number of fused-ring (bicyclic) bond motifs is 1. The zero-order valence-corrected chi connectivity index (χ0v) is 14.9. The molecule has 0 aliphatic heterocycles. The fourth-order valence-electron chi connectivity index (χ4n) is 2.63. The number of aryl methyl sites for hydroxylation is 2. The average molecular weight is 356 g/mol. The highest BCUT2D eigenvalue weighted by Crippen LogP contribution is 2.13. The van der Waals surface area contributed by atoms with Gasteiger partial charge in [-0.05, 0) is 38.5 Å². The van der Waals surface area contributed by atoms with E-state index in [1.807, 2.05) is 31.2 Å². The van der Waals surface area contributed by atoms with Crippen LogP contribution in [0.4, 0.5) is 0 Å². The summed E-state index contributed by atoms with van der Waals surface area (Å²) in [5.41, 5.74) is 1.26. The number of nitrogens with zero attached hydrogens (tertiary/aromatic N) is 3. The molecule has 1 N–H and O–H groups in total. The largest absolute Gasteiger partial charge is 0.494 e. The predicted octanol–water partition coefficient (Wildman–Crippen LogP) is 1.72. The molecule has 2 heterocycles. The van der Waals surface area contributed by atoms with Gasteiger partial charge in [-0.1, -0.05) is 17.3 Å². The summed E-state index contributed by atoms with van der Waals surface area (Å²) < 4.78 is 11.7. The topological polar surface area (TPSA) is 99.2 Å². The van der Waals surface area contributed by atoms with Crippen LogP contribution in [0.2, 0.25) is 0 Å². The molecule has 0 saturated carbocycles. The van der Waals surface area contributed by atoms with Crippen LogP contribution in [0.5, 0.6) is 5.75 Å². The molecule has 0 fully saturated rings. The standard InChI is InChI=1S/C18H20N4O4/c1-4-25-14-7-5-13(6-8-14)9-19-15(23)10-22-12(3)20-17-16(18(22)24)11(2)21-26-17/h5-8H,4,9-10H2,1-3H3,(H,19,23). The van der Waals surface area contributed by atoms with Crippen molar-refractivity contribution in [3.05, 3.63) is 51.7 Å². The van der Waals surface area contributed by atoms with Gasteiger partial charge in [0.15, 0.2) is 0 Å². The summed E-state index contributed by atoms with van der Waals surface area (Å²) in [4.78, 5) is 29.0. The van der Waals surface area contributed by atoms with E-state index >= 15 is 0 Å². The normalized spacial score (nSPS) is 10.9. The Hall–Kier alpha value is -3.16. The summed E-state index contributed by atoms with van der Waals surface area (Å²) >= 11 is 0. The molecule has 1 aromatic carbocycles. The van der Waals surface area contributed by atoms with Crippen LogP contribution in [-0.4, -0.2) is 27.2 Å². The zero-order valence-electron chi connectivity index (χ0n) is 14.9. The van der Waals surface area contributed by atoms with Crippen molar-refractivity contribution in [2.75, 3.05) is 6.61 Å². The second-order valence-corrected chi connectivity index (χ2v) is 5.85. The third-order valence-corrected chi connectivity index (χ3v) is 3.98. The van der Waals surface area contributed by atoms with Crippen molar-refractivity contribution < 1.29 is 14.1 Å². The number of rotatable bonds is 6. The third kappa shape index (κ3) is 3.58. The van der Waals surface area contributed by atoms with Gasteiger partial charge in [0.1, 0.15) is 23.5 Å². The van der Waals surface area contributed by atoms with Gasteiger partial charge in [-0.2, -0.15) is 4.98 Å². The SMILES string of the molecule is CCOc1ccc(CNC(=O)Cn2c(C)nc3onc(C)c3c2=O)cc1. The van der Waals surface area contributed by atoms with Gasteiger partial charge in [-0.3, -0.25) is 14.2 Å². The molecule has 8 nitrogen and oxygen atoms in total. The molecule has 2 aromatic heterocycles. The molecule has 8 heteroatoms. The zero-order chi connectivity index (χ0) is 18.7. The van der Waals surface area contributed by atoms with E-state index in [-0.39, 0.29) is 23.7 Å². The lowest BCUT2D eigenvalue weighted by molar-refractivity contribution is -0.121. The molecule has 136 valence electrons. The van der Waals surface area contributed by atoms with Crippen LogP contribution < -0.4 is 15.6 Å². The van der Waals surface area contributed by atoms with Gasteiger partial charge in [0, 0.05) is 6.54 Å². The molecular weight excluding hydrogens is 336 g/mol. The summed E-state index contributed by atoms with van der Waals surface area (Å²) in [6.45, 7) is 6.09. The van der Waals surface area contributed by atoms with Gasteiger partial charge in [0.25, 0.3) is 11.3 Å². The van der Waals surface area contributed by atoms with Crippen molar-refractivity contribution in [1.82, 2.24) is 20.0 Å². The Morgan fingerprint density at radius 2 is 2.00 bits per heavy atom. The number of amides is 1. The quantitative estimate of drug-likeness (QED) is 0.722. The van der Waals surface area contributed by atoms with Crippen molar-refractivity contribution in [3.63, 3.8) is 0 Å². The van der Waals surface area contributed by atoms with Crippen LogP contribution in [0.3, 0.4) is 0 Å². The monoisotopic (exact) mass is 356 g/mol. The number of carbonyl (C=O) groups is 1. The molecule has 0 unspecified atom stereocenters. The summed E-state index contributed by atoms with van der Waals surface area (Å²) in [5.74, 6) is 0.905. The van der Waals surface area contributed by atoms with Crippen molar-refractivity contribution in [2.24, 2.45) is 0 Å². The first-order chi connectivity index (χ1) is 12.5. The van der Waals surface area contributed by atoms with Crippen molar-refractivity contribution in [3.8, 4) is 5.75 Å². The van der Waals surface area contributed by atoms with Gasteiger partial charge in [0.2, 0.25) is 5.91 Å². The van der Waals surface area contributed by atoms with Crippen molar-refractivity contribution in [2.45, 2.75) is 33.9 Å². The Bertz CT molecular complexity index is 989. The average Bonchev–Trinajstić information content (AvgIpc) is 2.99. The lowest BCUT2D eigenvalue weighted by atomic mass is 10.2. The van der Waals surface area contributed by atoms with E-state index in [1.54, 1.807) is 13.8 Å². The molecule has 0 saturated heterocycles. The van der Waals surface area contributed by atoms with Gasteiger partial charge in [0.05, 0.1) is 12.3 Å². The van der Waals surface area contributed by atoms with E-state index < -0.39 is 0 Å². The van der Waals surface area contributed by atoms with Crippen LogP contribution >= 0.6 is 0 Å². The number of ether oxygens (including phenoxy) is 1. The van der Waals surface area contributed by atoms with Crippen LogP contribution in [0.1, 0.15) is 24.0 Å². The molecule has 0 atom stereocenters. The Morgan fingerprint density at radius 3 is 2.69 bits per heavy atom. The Kier molecular flexibility index (Phi) is 5.01. The molecule has 26 heavy (non-hydrogen) atoms. The summed E-state index contributed by atoms with van der Waals surface area (Å²) in [6, 6.07) is 7.48. The van der Waals surface area contributed by atoms with Gasteiger partial charge in [-0.25, -0.2) is 0 Å². The molecule has 0 aliphatic rings. The predicted molar refractivity (Wildman–Crippen MR) is 95.0 cm³/mol. The summed E-state index contributed by atoms with van der Waals surface area (Å²) in [5, 5.41) is 6.86. The molecule has 0 spiro atoms. The first kappa shape index (κ1) is 17.7. The third-order valence-electron chi connectivity index (χ3n) is 3.98. The van der Waals surface area contributed by atoms with Crippen molar-refractivity contribution >= 4 is 17.0 Å². The first-order valence-corrected chi connectivity index (χ1v) is 8.31. The van der Waals surface area contributed by atoms with E-state index in [1.165, 1.54) is 4.57 Å². The van der Waals surface area contributed by atoms with Crippen LogP contribution in [0.15, 0.2) is 33.6 Å². The minimum Gasteiger partial charge on any atom is -0.494 e. The number of carbonyl (C=O) groups excluding carboxylic acids is 1. The fourth-order valence-corrected chi connectivity index (χ4v) is 2.63. The first-order valence-electron chi connectivity index (χ1n) is 8.31. The summed E-state index contributed by atoms with van der Waals surface area (Å²) in [6.07, 6.45) is 0. The van der Waals surface area contributed by atoms with Crippen molar-refractivity contribution in [1.29, 1.82) is 0 Å². The lowest BCUT2D eigenvalue weighted by Crippen LogP contribution is -2.33. The summed E-state index contributed by atoms with van der Waals surface area (Å²) in [7, 11) is 0. The van der Waals surface area contributed by atoms with E-state index in [4.69, 9.17) is 9.26 Å². The maximum Gasteiger partial charge on any atom is 0.267 e. The molecule has 3 aromatic rings. The smallest absolute Gasteiger partial charge is 0.267 e. The maximum absolute atomic E-state index is 12.6. The fraction of sp³-hybridized carbons (Fsp3) is 0.333. The number of hydrogen-bond acceptors (Lipinski definition) is 6. The number of aromatic nitrogens is 3. The van der Waals surface area contributed by atoms with E-state index in [0.717, 1.165) is 11.3 Å². The number of benzene rings is 1. The molecule has 0 aliphatic carbocycles. The van der Waals surface area contributed by atoms with Gasteiger partial charge in [-0.15, -0.1) is 0 Å². The number of hydrogen-bond donors (Lipinski definition) is 1. The highest BCUT2D eigenvalue weighted by molar-refractivity contribution is 5.77. The Balaban J connectivity index is 1.69. The Morgan fingerprint density at radius 1 is 1.27 bits per heavy atom. The van der Waals surface area contributed by atoms with E-state index in [2.05, 4.69) is 15.5 Å². The highest BCUT2D eigenvalue weighted by Gasteiger charge is 2.16. The highest BCUT2D eigenvalue weighted by atomic mass is 16.5. The number of nitrogens with one attached hydrogen (secondary N) is 1. The molecule has 0 radical (unpaired) electrons. The second kappa shape index (κ2) is 7.38. The molecule has 0 bridgehead atoms. The van der Waals surface area contributed by atoms with Crippen LogP contribution in [0, 0.1) is 13.8 Å². The minimum absolute atomic E-state index is 0.116. The van der Waals surface area contributed by atoms with Crippen LogP contribution in [-0.2, 0) is 17.9 Å². The Labute approximate surface area is 149 Å². The molecule has 1 amide bonds. The second-order valence-electron chi connectivity index (χ2n) is 5.85. The van der Waals surface area contributed by atoms with Gasteiger partial charge >= 0.3 is 0 Å². The molecule has 3 rings (SSSR count). The van der Waals surface area contributed by atoms with Crippen LogP contribution in [0.25, 0.3) is 11.1 Å². The van der Waals surface area contributed by atoms with E-state index in [9.17, 15) is 9.59 Å². The van der Waals surface area contributed by atoms with E-state index in [0.29, 0.717) is 30.1 Å².